The zero-order valence-electron chi connectivity index (χ0n) is 23.3. The number of pyridine rings is 1. The molecule has 4 atom stereocenters. The Morgan fingerprint density at radius 1 is 1.35 bits per heavy atom. The molecule has 9 heteroatoms. The number of carbonyl (C=O) groups is 1. The summed E-state index contributed by atoms with van der Waals surface area (Å²) in [5, 5.41) is 14.2. The maximum Gasteiger partial charge on any atom is 0.251 e. The smallest absolute Gasteiger partial charge is 0.251 e. The highest BCUT2D eigenvalue weighted by atomic mass is 19.1. The van der Waals surface area contributed by atoms with Gasteiger partial charge in [-0.3, -0.25) is 10.2 Å². The van der Waals surface area contributed by atoms with Gasteiger partial charge >= 0.3 is 0 Å². The number of aromatic nitrogens is 1. The van der Waals surface area contributed by atoms with Crippen LogP contribution in [-0.4, -0.2) is 50.0 Å². The third-order valence-electron chi connectivity index (χ3n) is 8.24. The largest absolute Gasteiger partial charge is 0.494 e. The average Bonchev–Trinajstić information content (AvgIpc) is 3.61. The first-order chi connectivity index (χ1) is 19.2. The predicted molar refractivity (Wildman–Crippen MR) is 153 cm³/mol. The standard InChI is InChI=1S/C31H36FN5O3/c1-5-17(15-36-30(38)19-10-20(14-35-3)27(34)26(11-19)39-4)25-13-23-29(40-16-31(23,2)22-12-24(22)33)28(37-25)18-6-8-21(32)9-7-18/h6-11,13-14,17,22,24,34-35H,5,12,15-16,33H2,1-4H3,(H,36,38)/b20-14-,34-27?/t17?,22?,24?,31-/m1/s1. The molecule has 2 aliphatic carbocycles. The van der Waals surface area contributed by atoms with Gasteiger partial charge in [0.2, 0.25) is 0 Å². The number of hydrogen-bond donors (Lipinski definition) is 4. The third kappa shape index (κ3) is 5.01. The van der Waals surface area contributed by atoms with Gasteiger partial charge in [0.15, 0.2) is 0 Å². The Kier molecular flexibility index (Phi) is 7.51. The summed E-state index contributed by atoms with van der Waals surface area (Å²) in [6, 6.07) is 8.54. The summed E-state index contributed by atoms with van der Waals surface area (Å²) >= 11 is 0. The second kappa shape index (κ2) is 10.9. The number of benzene rings is 1. The van der Waals surface area contributed by atoms with Crippen LogP contribution in [0.25, 0.3) is 11.3 Å². The van der Waals surface area contributed by atoms with E-state index in [1.807, 2.05) is 0 Å². The first kappa shape index (κ1) is 27.6. The van der Waals surface area contributed by atoms with Crippen LogP contribution in [0.4, 0.5) is 4.39 Å². The fourth-order valence-corrected chi connectivity index (χ4v) is 5.66. The number of hydrogen-bond acceptors (Lipinski definition) is 7. The van der Waals surface area contributed by atoms with E-state index in [1.54, 1.807) is 37.5 Å². The van der Waals surface area contributed by atoms with Crippen LogP contribution in [0.2, 0.25) is 0 Å². The van der Waals surface area contributed by atoms with E-state index in [9.17, 15) is 9.18 Å². The van der Waals surface area contributed by atoms with Crippen molar-refractivity contribution in [3.63, 3.8) is 0 Å². The van der Waals surface area contributed by atoms with Crippen LogP contribution in [0.1, 0.15) is 43.9 Å². The summed E-state index contributed by atoms with van der Waals surface area (Å²) < 4.78 is 25.3. The van der Waals surface area contributed by atoms with Gasteiger partial charge in [-0.15, -0.1) is 0 Å². The van der Waals surface area contributed by atoms with E-state index in [-0.39, 0.29) is 34.8 Å². The van der Waals surface area contributed by atoms with Crippen LogP contribution in [0.5, 0.6) is 5.75 Å². The van der Waals surface area contributed by atoms with E-state index < -0.39 is 0 Å². The molecule has 2 aromatic rings. The van der Waals surface area contributed by atoms with Crippen LogP contribution < -0.4 is 21.1 Å². The normalized spacial score (nSPS) is 24.9. The second-order valence-electron chi connectivity index (χ2n) is 10.9. The Bertz CT molecular complexity index is 1430. The van der Waals surface area contributed by atoms with Gasteiger partial charge in [0.25, 0.3) is 5.91 Å². The van der Waals surface area contributed by atoms with Gasteiger partial charge in [0.05, 0.1) is 13.7 Å². The number of halogens is 1. The van der Waals surface area contributed by atoms with Crippen molar-refractivity contribution in [3.05, 3.63) is 82.7 Å². The Balaban J connectivity index is 1.46. The Hall–Kier alpha value is -3.98. The van der Waals surface area contributed by atoms with Gasteiger partial charge in [0.1, 0.15) is 28.7 Å². The van der Waals surface area contributed by atoms with Crippen molar-refractivity contribution in [1.29, 1.82) is 5.41 Å². The zero-order chi connectivity index (χ0) is 28.6. The molecule has 3 unspecified atom stereocenters. The predicted octanol–water partition coefficient (Wildman–Crippen LogP) is 4.09. The SMILES string of the molecule is CCC(CNC(=O)C1=C/C(=C/NC)C(=N)C(OC)=C1)c1cc2c(c(-c3ccc(F)cc3)n1)OC[C@]2(C)C1CC1N. The molecular formula is C31H36FN5O3. The number of ether oxygens (including phenoxy) is 2. The Morgan fingerprint density at radius 3 is 2.70 bits per heavy atom. The molecule has 0 radical (unpaired) electrons. The molecule has 2 heterocycles. The number of amides is 1. The molecular weight excluding hydrogens is 509 g/mol. The molecule has 8 nitrogen and oxygen atoms in total. The number of fused-ring (bicyclic) bond motifs is 1. The van der Waals surface area contributed by atoms with Crippen LogP contribution in [0.15, 0.2) is 65.6 Å². The number of nitrogens with one attached hydrogen (secondary N) is 3. The lowest BCUT2D eigenvalue weighted by Crippen LogP contribution is -2.31. The molecule has 210 valence electrons. The molecule has 1 aromatic carbocycles. The molecule has 1 saturated carbocycles. The molecule has 0 spiro atoms. The molecule has 3 aliphatic rings. The molecule has 1 fully saturated rings. The first-order valence-electron chi connectivity index (χ1n) is 13.6. The molecule has 1 aliphatic heterocycles. The lowest BCUT2D eigenvalue weighted by atomic mass is 9.78. The fourth-order valence-electron chi connectivity index (χ4n) is 5.66. The molecule has 5 rings (SSSR count). The van der Waals surface area contributed by atoms with Crippen molar-refractivity contribution in [2.24, 2.45) is 11.7 Å². The maximum atomic E-state index is 13.7. The van der Waals surface area contributed by atoms with Gasteiger partial charge in [-0.2, -0.15) is 0 Å². The van der Waals surface area contributed by atoms with Crippen LogP contribution >= 0.6 is 0 Å². The van der Waals surface area contributed by atoms with Crippen molar-refractivity contribution in [3.8, 4) is 17.0 Å². The summed E-state index contributed by atoms with van der Waals surface area (Å²) in [6.45, 7) is 5.14. The second-order valence-corrected chi connectivity index (χ2v) is 10.9. The summed E-state index contributed by atoms with van der Waals surface area (Å²) in [7, 11) is 3.22. The Morgan fingerprint density at radius 2 is 2.08 bits per heavy atom. The molecule has 1 aromatic heterocycles. The molecule has 1 amide bonds. The number of methoxy groups -OCH3 is 1. The summed E-state index contributed by atoms with van der Waals surface area (Å²) in [6.07, 6.45) is 6.59. The van der Waals surface area contributed by atoms with Crippen molar-refractivity contribution in [2.45, 2.75) is 44.1 Å². The van der Waals surface area contributed by atoms with Gasteiger partial charge in [-0.1, -0.05) is 13.8 Å². The summed E-state index contributed by atoms with van der Waals surface area (Å²) in [5.41, 5.74) is 10.6. The van der Waals surface area contributed by atoms with E-state index in [2.05, 4.69) is 30.5 Å². The molecule has 0 saturated heterocycles. The highest BCUT2D eigenvalue weighted by Gasteiger charge is 2.54. The highest BCUT2D eigenvalue weighted by Crippen LogP contribution is 2.54. The van der Waals surface area contributed by atoms with Gasteiger partial charge in [-0.05, 0) is 61.2 Å². The van der Waals surface area contributed by atoms with Crippen molar-refractivity contribution in [2.75, 3.05) is 27.3 Å². The number of nitrogens with two attached hydrogens (primary N) is 1. The number of carbonyl (C=O) groups excluding carboxylic acids is 1. The number of allylic oxidation sites excluding steroid dienone is 2. The van der Waals surface area contributed by atoms with Crippen molar-refractivity contribution in [1.82, 2.24) is 15.6 Å². The lowest BCUT2D eigenvalue weighted by Gasteiger charge is -2.25. The summed E-state index contributed by atoms with van der Waals surface area (Å²) in [4.78, 5) is 18.2. The topological polar surface area (TPSA) is 122 Å². The fraction of sp³-hybridized carbons (Fsp3) is 0.387. The number of nitrogens with zero attached hydrogens (tertiary/aromatic N) is 1. The van der Waals surface area contributed by atoms with Gasteiger partial charge < -0.3 is 25.8 Å². The molecule has 0 bridgehead atoms. The van der Waals surface area contributed by atoms with Crippen LogP contribution in [-0.2, 0) is 14.9 Å². The maximum absolute atomic E-state index is 13.7. The molecule has 5 N–H and O–H groups in total. The number of rotatable bonds is 9. The van der Waals surface area contributed by atoms with E-state index in [0.29, 0.717) is 41.7 Å². The highest BCUT2D eigenvalue weighted by molar-refractivity contribution is 6.15. The van der Waals surface area contributed by atoms with Crippen LogP contribution in [0.3, 0.4) is 0 Å². The van der Waals surface area contributed by atoms with E-state index in [4.69, 9.17) is 25.6 Å². The zero-order valence-corrected chi connectivity index (χ0v) is 23.3. The summed E-state index contributed by atoms with van der Waals surface area (Å²) in [5.74, 6) is 0.718. The van der Waals surface area contributed by atoms with Crippen molar-refractivity contribution < 1.29 is 18.7 Å². The quantitative estimate of drug-likeness (QED) is 0.377. The van der Waals surface area contributed by atoms with Gasteiger partial charge in [0, 0.05) is 65.1 Å². The van der Waals surface area contributed by atoms with Crippen LogP contribution in [0, 0.1) is 17.1 Å². The first-order valence-corrected chi connectivity index (χ1v) is 13.6. The third-order valence-corrected chi connectivity index (χ3v) is 8.24. The van der Waals surface area contributed by atoms with Crippen molar-refractivity contribution >= 4 is 11.6 Å². The van der Waals surface area contributed by atoms with E-state index in [0.717, 1.165) is 35.4 Å². The minimum Gasteiger partial charge on any atom is -0.494 e. The van der Waals surface area contributed by atoms with E-state index >= 15 is 0 Å². The minimum atomic E-state index is -0.314. The lowest BCUT2D eigenvalue weighted by molar-refractivity contribution is -0.117. The monoisotopic (exact) mass is 545 g/mol. The van der Waals surface area contributed by atoms with E-state index in [1.165, 1.54) is 19.2 Å². The molecule has 40 heavy (non-hydrogen) atoms. The Labute approximate surface area is 234 Å². The minimum absolute atomic E-state index is 0.0770. The average molecular weight is 546 g/mol. The van der Waals surface area contributed by atoms with Gasteiger partial charge in [-0.25, -0.2) is 9.37 Å².